The van der Waals surface area contributed by atoms with Gasteiger partial charge in [0.2, 0.25) is 11.7 Å². The number of carbonyl (C=O) groups is 1. The molecule has 2 aromatic carbocycles. The molecular weight excluding hydrogens is 355 g/mol. The number of fused-ring (bicyclic) bond motifs is 1. The van der Waals surface area contributed by atoms with Gasteiger partial charge in [-0.2, -0.15) is 13.2 Å². The fourth-order valence-corrected chi connectivity index (χ4v) is 2.82. The van der Waals surface area contributed by atoms with Crippen molar-refractivity contribution < 1.29 is 18.0 Å². The van der Waals surface area contributed by atoms with Crippen LogP contribution in [0, 0.1) is 5.92 Å². The van der Waals surface area contributed by atoms with Crippen LogP contribution in [-0.4, -0.2) is 15.9 Å². The van der Waals surface area contributed by atoms with Crippen LogP contribution in [-0.2, 0) is 11.0 Å². The summed E-state index contributed by atoms with van der Waals surface area (Å²) in [7, 11) is 0. The van der Waals surface area contributed by atoms with E-state index in [1.54, 1.807) is 12.1 Å². The molecule has 2 unspecified atom stereocenters. The predicted molar refractivity (Wildman–Crippen MR) is 97.0 cm³/mol. The van der Waals surface area contributed by atoms with Gasteiger partial charge in [0.05, 0.1) is 17.1 Å². The van der Waals surface area contributed by atoms with Crippen LogP contribution in [0.3, 0.4) is 0 Å². The Morgan fingerprint density at radius 3 is 2.48 bits per heavy atom. The van der Waals surface area contributed by atoms with Gasteiger partial charge in [-0.25, -0.2) is 4.98 Å². The summed E-state index contributed by atoms with van der Waals surface area (Å²) in [4.78, 5) is 18.4. The normalized spacial score (nSPS) is 14.1. The largest absolute Gasteiger partial charge is 0.449 e. The monoisotopic (exact) mass is 375 g/mol. The third-order valence-corrected chi connectivity index (χ3v) is 4.59. The number of alkyl halides is 3. The van der Waals surface area contributed by atoms with Crippen LogP contribution in [0.1, 0.15) is 43.3 Å². The van der Waals surface area contributed by atoms with Crippen LogP contribution < -0.4 is 5.32 Å². The first-order chi connectivity index (χ1) is 12.8. The summed E-state index contributed by atoms with van der Waals surface area (Å²) >= 11 is 0. The second-order valence-electron chi connectivity index (χ2n) is 6.52. The maximum Gasteiger partial charge on any atom is 0.449 e. The zero-order chi connectivity index (χ0) is 19.6. The lowest BCUT2D eigenvalue weighted by Crippen LogP contribution is -2.33. The van der Waals surface area contributed by atoms with E-state index in [9.17, 15) is 18.0 Å². The quantitative estimate of drug-likeness (QED) is 0.671. The molecule has 0 bridgehead atoms. The van der Waals surface area contributed by atoms with Gasteiger partial charge in [-0.15, -0.1) is 0 Å². The zero-order valence-corrected chi connectivity index (χ0v) is 15.0. The minimum Gasteiger partial charge on any atom is -0.345 e. The van der Waals surface area contributed by atoms with E-state index in [1.165, 1.54) is 6.07 Å². The number of aromatic nitrogens is 2. The van der Waals surface area contributed by atoms with E-state index in [1.807, 2.05) is 44.2 Å². The van der Waals surface area contributed by atoms with Crippen molar-refractivity contribution in [1.82, 2.24) is 15.3 Å². The zero-order valence-electron chi connectivity index (χ0n) is 15.0. The molecule has 0 spiro atoms. The summed E-state index contributed by atoms with van der Waals surface area (Å²) in [5.41, 5.74) is 2.04. The standard InChI is InChI=1S/C20H20F3N3O/c1-3-12(2)18(27)26-17(13-7-5-4-6-8-13)14-9-10-15-16(11-14)25-19(24-15)20(21,22)23/h4-12,17H,3H2,1-2H3,(H,24,25)(H,26,27). The van der Waals surface area contributed by atoms with Gasteiger partial charge in [0.15, 0.2) is 0 Å². The Hall–Kier alpha value is -2.83. The molecule has 1 heterocycles. The van der Waals surface area contributed by atoms with Crippen LogP contribution in [0.4, 0.5) is 13.2 Å². The van der Waals surface area contributed by atoms with Crippen LogP contribution in [0.15, 0.2) is 48.5 Å². The average molecular weight is 375 g/mol. The number of hydrogen-bond acceptors (Lipinski definition) is 2. The van der Waals surface area contributed by atoms with Gasteiger partial charge in [-0.1, -0.05) is 50.2 Å². The summed E-state index contributed by atoms with van der Waals surface area (Å²) in [6, 6.07) is 13.7. The van der Waals surface area contributed by atoms with Gasteiger partial charge in [-0.05, 0) is 29.7 Å². The van der Waals surface area contributed by atoms with Crippen molar-refractivity contribution in [2.75, 3.05) is 0 Å². The predicted octanol–water partition coefficient (Wildman–Crippen LogP) is 4.83. The summed E-state index contributed by atoms with van der Waals surface area (Å²) in [6.07, 6.45) is -3.84. The number of amides is 1. The van der Waals surface area contributed by atoms with Gasteiger partial charge >= 0.3 is 6.18 Å². The minimum absolute atomic E-state index is 0.105. The van der Waals surface area contributed by atoms with Crippen LogP contribution in [0.5, 0.6) is 0 Å². The Morgan fingerprint density at radius 2 is 1.85 bits per heavy atom. The van der Waals surface area contributed by atoms with Crippen molar-refractivity contribution in [1.29, 1.82) is 0 Å². The lowest BCUT2D eigenvalue weighted by atomic mass is 9.97. The highest BCUT2D eigenvalue weighted by Gasteiger charge is 2.34. The summed E-state index contributed by atoms with van der Waals surface area (Å²) in [5.74, 6) is -1.30. The Kier molecular flexibility index (Phi) is 5.21. The molecule has 1 aromatic heterocycles. The molecule has 0 saturated heterocycles. The molecule has 2 N–H and O–H groups in total. The van der Waals surface area contributed by atoms with Gasteiger partial charge in [-0.3, -0.25) is 4.79 Å². The van der Waals surface area contributed by atoms with Crippen molar-refractivity contribution in [3.63, 3.8) is 0 Å². The molecule has 1 amide bonds. The Morgan fingerprint density at radius 1 is 1.15 bits per heavy atom. The van der Waals surface area contributed by atoms with E-state index in [2.05, 4.69) is 15.3 Å². The molecule has 7 heteroatoms. The van der Waals surface area contributed by atoms with Crippen molar-refractivity contribution >= 4 is 16.9 Å². The number of hydrogen-bond donors (Lipinski definition) is 2. The summed E-state index contributed by atoms with van der Waals surface area (Å²) < 4.78 is 38.7. The van der Waals surface area contributed by atoms with Gasteiger partial charge in [0.1, 0.15) is 0 Å². The second-order valence-corrected chi connectivity index (χ2v) is 6.52. The third-order valence-electron chi connectivity index (χ3n) is 4.59. The van der Waals surface area contributed by atoms with Crippen LogP contribution >= 0.6 is 0 Å². The maximum atomic E-state index is 12.9. The van der Waals surface area contributed by atoms with Crippen molar-refractivity contribution in [3.8, 4) is 0 Å². The van der Waals surface area contributed by atoms with E-state index < -0.39 is 18.0 Å². The highest BCUT2D eigenvalue weighted by atomic mass is 19.4. The number of nitrogens with one attached hydrogen (secondary N) is 2. The average Bonchev–Trinajstić information content (AvgIpc) is 3.09. The van der Waals surface area contributed by atoms with E-state index in [0.29, 0.717) is 12.0 Å². The Balaban J connectivity index is 2.02. The number of imidazole rings is 1. The summed E-state index contributed by atoms with van der Waals surface area (Å²) in [6.45, 7) is 3.77. The molecule has 0 aliphatic rings. The maximum absolute atomic E-state index is 12.9. The molecular formula is C20H20F3N3O. The molecule has 3 aromatic rings. The Bertz CT molecular complexity index is 935. The topological polar surface area (TPSA) is 57.8 Å². The molecule has 0 aliphatic carbocycles. The molecule has 4 nitrogen and oxygen atoms in total. The molecule has 0 aliphatic heterocycles. The number of aromatic amines is 1. The first-order valence-electron chi connectivity index (χ1n) is 8.71. The fourth-order valence-electron chi connectivity index (χ4n) is 2.82. The molecule has 142 valence electrons. The number of nitrogens with zero attached hydrogens (tertiary/aromatic N) is 1. The second kappa shape index (κ2) is 7.42. The van der Waals surface area contributed by atoms with Crippen LogP contribution in [0.25, 0.3) is 11.0 Å². The van der Waals surface area contributed by atoms with E-state index >= 15 is 0 Å². The highest BCUT2D eigenvalue weighted by Crippen LogP contribution is 2.30. The SMILES string of the molecule is CCC(C)C(=O)NC(c1ccccc1)c1ccc2nc(C(F)(F)F)[nH]c2c1. The van der Waals surface area contributed by atoms with Gasteiger partial charge in [0.25, 0.3) is 0 Å². The number of carbonyl (C=O) groups excluding carboxylic acids is 1. The molecule has 3 rings (SSSR count). The molecule has 0 fully saturated rings. The smallest absolute Gasteiger partial charge is 0.345 e. The number of benzene rings is 2. The van der Waals surface area contributed by atoms with Gasteiger partial charge < -0.3 is 10.3 Å². The Labute approximate surface area is 154 Å². The van der Waals surface area contributed by atoms with Gasteiger partial charge in [0, 0.05) is 5.92 Å². The molecule has 0 saturated carbocycles. The third kappa shape index (κ3) is 4.13. The minimum atomic E-state index is -4.54. The molecule has 0 radical (unpaired) electrons. The lowest BCUT2D eigenvalue weighted by molar-refractivity contribution is -0.144. The van der Waals surface area contributed by atoms with Crippen molar-refractivity contribution in [2.24, 2.45) is 5.92 Å². The number of rotatable bonds is 5. The lowest BCUT2D eigenvalue weighted by Gasteiger charge is -2.22. The van der Waals surface area contributed by atoms with Crippen molar-refractivity contribution in [3.05, 3.63) is 65.5 Å². The fraction of sp³-hybridized carbons (Fsp3) is 0.300. The van der Waals surface area contributed by atoms with E-state index in [0.717, 1.165) is 5.56 Å². The molecule has 27 heavy (non-hydrogen) atoms. The van der Waals surface area contributed by atoms with E-state index in [4.69, 9.17) is 0 Å². The highest BCUT2D eigenvalue weighted by molar-refractivity contribution is 5.80. The van der Waals surface area contributed by atoms with Crippen LogP contribution in [0.2, 0.25) is 0 Å². The first kappa shape index (κ1) is 18.9. The number of H-pyrrole nitrogens is 1. The summed E-state index contributed by atoms with van der Waals surface area (Å²) in [5, 5.41) is 3.01. The molecule has 2 atom stereocenters. The first-order valence-corrected chi connectivity index (χ1v) is 8.71. The number of halogens is 3. The van der Waals surface area contributed by atoms with E-state index in [-0.39, 0.29) is 22.9 Å². The van der Waals surface area contributed by atoms with Crippen molar-refractivity contribution in [2.45, 2.75) is 32.5 Å².